The van der Waals surface area contributed by atoms with E-state index in [0.717, 1.165) is 18.2 Å². The average molecular weight is 329 g/mol. The molecule has 11 heteroatoms. The van der Waals surface area contributed by atoms with Crippen LogP contribution in [0.15, 0.2) is 45.2 Å². The van der Waals surface area contributed by atoms with Crippen molar-refractivity contribution in [3.05, 3.63) is 40.8 Å². The van der Waals surface area contributed by atoms with Crippen LogP contribution in [-0.2, 0) is 20.2 Å². The van der Waals surface area contributed by atoms with Crippen LogP contribution >= 0.6 is 0 Å². The number of hydrogen-bond acceptors (Lipinski definition) is 5. The van der Waals surface area contributed by atoms with E-state index in [1.165, 1.54) is 12.1 Å². The quantitative estimate of drug-likeness (QED) is 0.380. The Labute approximate surface area is 119 Å². The third-order valence-corrected chi connectivity index (χ3v) is 4.35. The number of rotatable bonds is 3. The first-order chi connectivity index (χ1) is 9.63. The molecule has 0 atom stereocenters. The van der Waals surface area contributed by atoms with Gasteiger partial charge in [0.25, 0.3) is 20.2 Å². The van der Waals surface area contributed by atoms with Crippen molar-refractivity contribution in [1.29, 1.82) is 0 Å². The lowest BCUT2D eigenvalue weighted by molar-refractivity contribution is 0.481. The molecule has 0 saturated carbocycles. The molecule has 2 rings (SSSR count). The molecule has 0 amide bonds. The Hall–Kier alpha value is -2.17. The molecule has 0 heterocycles. The molecule has 0 spiro atoms. The highest BCUT2D eigenvalue weighted by Crippen LogP contribution is 2.31. The summed E-state index contributed by atoms with van der Waals surface area (Å²) in [6.07, 6.45) is 0. The lowest BCUT2D eigenvalue weighted by Gasteiger charge is -2.06. The van der Waals surface area contributed by atoms with Crippen molar-refractivity contribution in [3.63, 3.8) is 0 Å². The van der Waals surface area contributed by atoms with Crippen LogP contribution in [0.5, 0.6) is 0 Å². The molecule has 0 aromatic heterocycles. The normalized spacial score (nSPS) is 12.1. The van der Waals surface area contributed by atoms with Gasteiger partial charge in [0.15, 0.2) is 0 Å². The minimum Gasteiger partial charge on any atom is -0.282 e. The van der Waals surface area contributed by atoms with Crippen molar-refractivity contribution in [2.45, 2.75) is 9.79 Å². The smallest absolute Gasteiger partial charge is 0.282 e. The van der Waals surface area contributed by atoms with E-state index in [1.54, 1.807) is 0 Å². The topological polar surface area (TPSA) is 158 Å². The highest BCUT2D eigenvalue weighted by Gasteiger charge is 2.17. The highest BCUT2D eigenvalue weighted by atomic mass is 32.2. The van der Waals surface area contributed by atoms with Crippen LogP contribution in [0, 0.1) is 0 Å². The molecule has 2 aromatic rings. The van der Waals surface area contributed by atoms with Gasteiger partial charge in [-0.1, -0.05) is 11.2 Å². The summed E-state index contributed by atoms with van der Waals surface area (Å²) >= 11 is 0. The van der Waals surface area contributed by atoms with E-state index in [9.17, 15) is 16.8 Å². The molecule has 0 saturated heterocycles. The van der Waals surface area contributed by atoms with E-state index < -0.39 is 30.0 Å². The van der Waals surface area contributed by atoms with Gasteiger partial charge in [-0.3, -0.25) is 9.11 Å². The first-order valence-corrected chi connectivity index (χ1v) is 8.09. The summed E-state index contributed by atoms with van der Waals surface area (Å²) in [5, 5.41) is 3.65. The summed E-state index contributed by atoms with van der Waals surface area (Å²) in [7, 11) is -9.13. The number of nitrogens with zero attached hydrogens (tertiary/aromatic N) is 3. The molecular weight excluding hydrogens is 322 g/mol. The van der Waals surface area contributed by atoms with Gasteiger partial charge in [-0.2, -0.15) is 16.8 Å². The molecule has 21 heavy (non-hydrogen) atoms. The van der Waals surface area contributed by atoms with Gasteiger partial charge < -0.3 is 0 Å². The number of azide groups is 1. The molecule has 0 bridgehead atoms. The Morgan fingerprint density at radius 1 is 0.952 bits per heavy atom. The largest absolute Gasteiger partial charge is 0.295 e. The van der Waals surface area contributed by atoms with E-state index in [4.69, 9.17) is 14.6 Å². The fraction of sp³-hybridized carbons (Fsp3) is 0. The van der Waals surface area contributed by atoms with Gasteiger partial charge in [-0.15, -0.1) is 0 Å². The van der Waals surface area contributed by atoms with E-state index in [2.05, 4.69) is 10.0 Å². The van der Waals surface area contributed by atoms with E-state index in [1.807, 2.05) is 0 Å². The zero-order valence-corrected chi connectivity index (χ0v) is 11.7. The van der Waals surface area contributed by atoms with Crippen LogP contribution in [0.1, 0.15) is 0 Å². The van der Waals surface area contributed by atoms with Crippen molar-refractivity contribution in [3.8, 4) is 0 Å². The van der Waals surface area contributed by atoms with Crippen molar-refractivity contribution in [1.82, 2.24) is 0 Å². The zero-order chi connectivity index (χ0) is 15.8. The van der Waals surface area contributed by atoms with Crippen LogP contribution in [-0.4, -0.2) is 25.9 Å². The number of fused-ring (bicyclic) bond motifs is 1. The molecule has 0 radical (unpaired) electrons. The van der Waals surface area contributed by atoms with Gasteiger partial charge in [0.2, 0.25) is 0 Å². The van der Waals surface area contributed by atoms with Gasteiger partial charge in [0.05, 0.1) is 10.6 Å². The van der Waals surface area contributed by atoms with E-state index >= 15 is 0 Å². The van der Waals surface area contributed by atoms with Gasteiger partial charge >= 0.3 is 0 Å². The standard InChI is InChI=1S/C10H7N3O6S2/c11-13-12-9-4-6-1-2-8(20(14,15)16)3-7(6)5-10(9)21(17,18)19/h1-5H,(H,14,15,16)(H,17,18,19). The summed E-state index contributed by atoms with van der Waals surface area (Å²) in [6.45, 7) is 0. The second kappa shape index (κ2) is 4.98. The maximum Gasteiger partial charge on any atom is 0.295 e. The fourth-order valence-corrected chi connectivity index (χ4v) is 2.89. The van der Waals surface area contributed by atoms with Crippen LogP contribution < -0.4 is 0 Å². The van der Waals surface area contributed by atoms with Gasteiger partial charge in [-0.05, 0) is 40.6 Å². The van der Waals surface area contributed by atoms with E-state index in [0.29, 0.717) is 5.39 Å². The van der Waals surface area contributed by atoms with Gasteiger partial charge in [0, 0.05) is 4.91 Å². The Kier molecular flexibility index (Phi) is 3.61. The minimum absolute atomic E-state index is 0.120. The Balaban J connectivity index is 2.89. The summed E-state index contributed by atoms with van der Waals surface area (Å²) in [5.41, 5.74) is 8.08. The van der Waals surface area contributed by atoms with E-state index in [-0.39, 0.29) is 11.1 Å². The van der Waals surface area contributed by atoms with Crippen LogP contribution in [0.25, 0.3) is 21.2 Å². The van der Waals surface area contributed by atoms with Crippen LogP contribution in [0.2, 0.25) is 0 Å². The van der Waals surface area contributed by atoms with Crippen molar-refractivity contribution >= 4 is 36.7 Å². The summed E-state index contributed by atoms with van der Waals surface area (Å²) in [6, 6.07) is 5.54. The zero-order valence-electron chi connectivity index (χ0n) is 10.1. The highest BCUT2D eigenvalue weighted by molar-refractivity contribution is 7.86. The molecule has 2 aromatic carbocycles. The first kappa shape index (κ1) is 15.2. The van der Waals surface area contributed by atoms with Crippen molar-refractivity contribution < 1.29 is 25.9 Å². The monoisotopic (exact) mass is 329 g/mol. The van der Waals surface area contributed by atoms with Gasteiger partial charge in [0.1, 0.15) is 4.90 Å². The molecule has 0 unspecified atom stereocenters. The Bertz CT molecular complexity index is 991. The lowest BCUT2D eigenvalue weighted by atomic mass is 10.1. The van der Waals surface area contributed by atoms with Crippen molar-refractivity contribution in [2.24, 2.45) is 5.11 Å². The van der Waals surface area contributed by atoms with Gasteiger partial charge in [-0.25, -0.2) is 0 Å². The third kappa shape index (κ3) is 3.12. The van der Waals surface area contributed by atoms with Crippen molar-refractivity contribution in [2.75, 3.05) is 0 Å². The number of hydrogen-bond donors (Lipinski definition) is 2. The second-order valence-corrected chi connectivity index (χ2v) is 6.78. The molecular formula is C10H7N3O6S2. The van der Waals surface area contributed by atoms with Crippen LogP contribution in [0.4, 0.5) is 5.69 Å². The summed E-state index contributed by atoms with van der Waals surface area (Å²) < 4.78 is 62.7. The fourth-order valence-electron chi connectivity index (χ4n) is 1.74. The molecule has 0 aliphatic rings. The first-order valence-electron chi connectivity index (χ1n) is 5.21. The molecule has 0 aliphatic heterocycles. The SMILES string of the molecule is [N-]=[N+]=Nc1cc2ccc(S(=O)(=O)O)cc2cc1S(=O)(=O)O. The predicted octanol–water partition coefficient (Wildman–Crippen LogP) is 2.27. The Morgan fingerprint density at radius 2 is 1.62 bits per heavy atom. The molecule has 110 valence electrons. The summed E-state index contributed by atoms with van der Waals surface area (Å²) in [4.78, 5) is 1.35. The molecule has 0 aliphatic carbocycles. The number of benzene rings is 2. The Morgan fingerprint density at radius 3 is 2.14 bits per heavy atom. The average Bonchev–Trinajstić information content (AvgIpc) is 2.35. The molecule has 2 N–H and O–H groups in total. The summed E-state index contributed by atoms with van der Waals surface area (Å²) in [5.74, 6) is 0. The van der Waals surface area contributed by atoms with Crippen LogP contribution in [0.3, 0.4) is 0 Å². The third-order valence-electron chi connectivity index (χ3n) is 2.62. The maximum atomic E-state index is 11.3. The molecule has 9 nitrogen and oxygen atoms in total. The second-order valence-electron chi connectivity index (χ2n) is 3.97. The minimum atomic E-state index is -4.67. The predicted molar refractivity (Wildman–Crippen MR) is 72.4 cm³/mol. The molecule has 0 fully saturated rings. The maximum absolute atomic E-state index is 11.3. The lowest BCUT2D eigenvalue weighted by Crippen LogP contribution is -2.00.